The molecule has 1 unspecified atom stereocenters. The first-order valence-electron chi connectivity index (χ1n) is 9.58. The van der Waals surface area contributed by atoms with E-state index in [-0.39, 0.29) is 17.8 Å². The van der Waals surface area contributed by atoms with Gasteiger partial charge in [0.15, 0.2) is 0 Å². The summed E-state index contributed by atoms with van der Waals surface area (Å²) in [6, 6.07) is 4.49. The average Bonchev–Trinajstić information content (AvgIpc) is 2.57. The van der Waals surface area contributed by atoms with Crippen molar-refractivity contribution in [2.45, 2.75) is 54.9 Å². The first-order chi connectivity index (χ1) is 12.4. The van der Waals surface area contributed by atoms with Crippen molar-refractivity contribution in [1.29, 1.82) is 0 Å². The molecule has 2 heteroatoms. The van der Waals surface area contributed by atoms with Gasteiger partial charge in [0.25, 0.3) is 0 Å². The van der Waals surface area contributed by atoms with E-state index in [1.165, 1.54) is 22.3 Å². The van der Waals surface area contributed by atoms with Crippen LogP contribution >= 0.6 is 0 Å². The van der Waals surface area contributed by atoms with Crippen LogP contribution in [0.4, 0.5) is 0 Å². The highest BCUT2D eigenvalue weighted by Gasteiger charge is 2.26. The monoisotopic (exact) mass is 368 g/mol. The molecule has 1 aromatic rings. The molecule has 0 bridgehead atoms. The lowest BCUT2D eigenvalue weighted by Crippen LogP contribution is -2.27. The molecule has 0 fully saturated rings. The smallest absolute Gasteiger partial charge is 0.115 e. The Labute approximate surface area is 165 Å². The minimum Gasteiger partial charge on any atom is -0.508 e. The molecule has 0 aromatic heterocycles. The Balaban J connectivity index is 3.38. The van der Waals surface area contributed by atoms with Crippen LogP contribution in [-0.2, 0) is 6.42 Å². The summed E-state index contributed by atoms with van der Waals surface area (Å²) in [6.07, 6.45) is 4.72. The molecule has 1 rings (SSSR count). The second kappa shape index (κ2) is 9.23. The SMILES string of the molecule is C=C(O)/C(=C/C)C(=C)/C=C(\C)c1cc(C)c(C)cc1CC(C)C(C)(C)CO. The standard InChI is InChI=1S/C25H36O2/c1-10-23(21(7)27)18(4)11-19(5)24-13-17(3)16(2)12-22(24)14-20(6)25(8,9)15-26/h10-13,20,26-27H,4,7,14-15H2,1-3,5-6,8-9H3/b19-11+,23-10+. The van der Waals surface area contributed by atoms with Gasteiger partial charge in [-0.2, -0.15) is 0 Å². The highest BCUT2D eigenvalue weighted by molar-refractivity contribution is 5.72. The van der Waals surface area contributed by atoms with Crippen LogP contribution in [0, 0.1) is 25.2 Å². The maximum Gasteiger partial charge on any atom is 0.115 e. The number of rotatable bonds is 8. The third-order valence-corrected chi connectivity index (χ3v) is 5.75. The number of aliphatic hydroxyl groups is 2. The highest BCUT2D eigenvalue weighted by atomic mass is 16.3. The molecule has 0 saturated heterocycles. The van der Waals surface area contributed by atoms with E-state index in [4.69, 9.17) is 0 Å². The molecular formula is C25H36O2. The molecule has 1 aromatic carbocycles. The van der Waals surface area contributed by atoms with E-state index in [9.17, 15) is 10.2 Å². The van der Waals surface area contributed by atoms with Crippen LogP contribution < -0.4 is 0 Å². The quantitative estimate of drug-likeness (QED) is 0.407. The Morgan fingerprint density at radius 1 is 1.19 bits per heavy atom. The molecular weight excluding hydrogens is 332 g/mol. The van der Waals surface area contributed by atoms with Crippen LogP contribution in [0.25, 0.3) is 5.57 Å². The van der Waals surface area contributed by atoms with Crippen molar-refractivity contribution in [2.24, 2.45) is 11.3 Å². The first kappa shape index (κ1) is 23.0. The highest BCUT2D eigenvalue weighted by Crippen LogP contribution is 2.33. The van der Waals surface area contributed by atoms with Gasteiger partial charge >= 0.3 is 0 Å². The molecule has 0 aliphatic rings. The molecule has 0 spiro atoms. The molecule has 0 heterocycles. The molecule has 2 nitrogen and oxygen atoms in total. The van der Waals surface area contributed by atoms with Gasteiger partial charge in [-0.05, 0) is 78.8 Å². The van der Waals surface area contributed by atoms with Crippen LogP contribution in [0.5, 0.6) is 0 Å². The van der Waals surface area contributed by atoms with Crippen LogP contribution in [0.3, 0.4) is 0 Å². The maximum absolute atomic E-state index is 9.76. The summed E-state index contributed by atoms with van der Waals surface area (Å²) >= 11 is 0. The summed E-state index contributed by atoms with van der Waals surface area (Å²) in [5.41, 5.74) is 7.37. The van der Waals surface area contributed by atoms with Gasteiger partial charge in [-0.25, -0.2) is 0 Å². The van der Waals surface area contributed by atoms with Gasteiger partial charge in [0.05, 0.1) is 0 Å². The molecule has 148 valence electrons. The predicted octanol–water partition coefficient (Wildman–Crippen LogP) is 6.48. The zero-order valence-corrected chi connectivity index (χ0v) is 18.1. The maximum atomic E-state index is 9.76. The van der Waals surface area contributed by atoms with Crippen molar-refractivity contribution in [3.05, 3.63) is 76.6 Å². The van der Waals surface area contributed by atoms with Crippen molar-refractivity contribution in [3.8, 4) is 0 Å². The summed E-state index contributed by atoms with van der Waals surface area (Å²) in [4.78, 5) is 0. The third kappa shape index (κ3) is 5.71. The number of aryl methyl sites for hydroxylation is 2. The fraction of sp³-hybridized carbons (Fsp3) is 0.440. The Kier molecular flexibility index (Phi) is 7.86. The number of benzene rings is 1. The fourth-order valence-corrected chi connectivity index (χ4v) is 3.13. The summed E-state index contributed by atoms with van der Waals surface area (Å²) in [7, 11) is 0. The van der Waals surface area contributed by atoms with Gasteiger partial charge in [0.2, 0.25) is 0 Å². The lowest BCUT2D eigenvalue weighted by Gasteiger charge is -2.30. The molecule has 2 N–H and O–H groups in total. The van der Waals surface area contributed by atoms with Crippen LogP contribution in [0.15, 0.2) is 54.3 Å². The molecule has 0 aliphatic carbocycles. The van der Waals surface area contributed by atoms with Gasteiger partial charge in [-0.1, -0.05) is 58.2 Å². The van der Waals surface area contributed by atoms with Gasteiger partial charge in [-0.15, -0.1) is 0 Å². The lowest BCUT2D eigenvalue weighted by atomic mass is 9.76. The molecule has 1 atom stereocenters. The molecule has 0 radical (unpaired) electrons. The van der Waals surface area contributed by atoms with Gasteiger partial charge < -0.3 is 10.2 Å². The summed E-state index contributed by atoms with van der Waals surface area (Å²) in [5, 5.41) is 19.5. The van der Waals surface area contributed by atoms with Crippen molar-refractivity contribution in [3.63, 3.8) is 0 Å². The topological polar surface area (TPSA) is 40.5 Å². The van der Waals surface area contributed by atoms with Crippen molar-refractivity contribution < 1.29 is 10.2 Å². The minimum absolute atomic E-state index is 0.0326. The Morgan fingerprint density at radius 3 is 2.22 bits per heavy atom. The van der Waals surface area contributed by atoms with Crippen LogP contribution in [0.2, 0.25) is 0 Å². The number of allylic oxidation sites excluding steroid dienone is 4. The van der Waals surface area contributed by atoms with E-state index in [0.29, 0.717) is 11.5 Å². The fourth-order valence-electron chi connectivity index (χ4n) is 3.13. The van der Waals surface area contributed by atoms with Gasteiger partial charge in [0, 0.05) is 12.2 Å². The van der Waals surface area contributed by atoms with E-state index in [0.717, 1.165) is 17.6 Å². The third-order valence-electron chi connectivity index (χ3n) is 5.75. The van der Waals surface area contributed by atoms with E-state index < -0.39 is 0 Å². The zero-order chi connectivity index (χ0) is 20.9. The van der Waals surface area contributed by atoms with Crippen LogP contribution in [-0.4, -0.2) is 16.8 Å². The van der Waals surface area contributed by atoms with Crippen LogP contribution in [0.1, 0.15) is 56.9 Å². The predicted molar refractivity (Wildman–Crippen MR) is 118 cm³/mol. The Morgan fingerprint density at radius 2 is 1.74 bits per heavy atom. The molecule has 27 heavy (non-hydrogen) atoms. The van der Waals surface area contributed by atoms with Crippen molar-refractivity contribution in [1.82, 2.24) is 0 Å². The number of hydrogen-bond acceptors (Lipinski definition) is 2. The second-order valence-corrected chi connectivity index (χ2v) is 8.35. The number of aliphatic hydroxyl groups excluding tert-OH is 2. The molecule has 0 amide bonds. The summed E-state index contributed by atoms with van der Waals surface area (Å²) in [6.45, 7) is 22.5. The minimum atomic E-state index is -0.135. The Hall–Kier alpha value is -2.06. The first-order valence-corrected chi connectivity index (χ1v) is 9.58. The Bertz CT molecular complexity index is 776. The largest absolute Gasteiger partial charge is 0.508 e. The van der Waals surface area contributed by atoms with E-state index >= 15 is 0 Å². The second-order valence-electron chi connectivity index (χ2n) is 8.35. The molecule has 0 saturated carbocycles. The van der Waals surface area contributed by atoms with Crippen molar-refractivity contribution >= 4 is 5.57 Å². The average molecular weight is 369 g/mol. The van der Waals surface area contributed by atoms with Gasteiger partial charge in [-0.3, -0.25) is 0 Å². The van der Waals surface area contributed by atoms with E-state index in [2.05, 4.69) is 66.8 Å². The van der Waals surface area contributed by atoms with E-state index in [1.807, 2.05) is 19.1 Å². The number of hydrogen-bond donors (Lipinski definition) is 2. The van der Waals surface area contributed by atoms with E-state index in [1.54, 1.807) is 0 Å². The summed E-state index contributed by atoms with van der Waals surface area (Å²) in [5.74, 6) is 0.368. The summed E-state index contributed by atoms with van der Waals surface area (Å²) < 4.78 is 0. The van der Waals surface area contributed by atoms with Gasteiger partial charge in [0.1, 0.15) is 5.76 Å². The van der Waals surface area contributed by atoms with Crippen molar-refractivity contribution in [2.75, 3.05) is 6.61 Å². The molecule has 0 aliphatic heterocycles. The zero-order valence-electron chi connectivity index (χ0n) is 18.1. The lowest BCUT2D eigenvalue weighted by molar-refractivity contribution is 0.105. The normalized spacial score (nSPS) is 14.2.